The lowest BCUT2D eigenvalue weighted by Gasteiger charge is -2.22. The summed E-state index contributed by atoms with van der Waals surface area (Å²) in [6, 6.07) is 22.9. The zero-order valence-electron chi connectivity index (χ0n) is 20.1. The summed E-state index contributed by atoms with van der Waals surface area (Å²) in [5.74, 6) is 0. The number of fused-ring (bicyclic) bond motifs is 1. The lowest BCUT2D eigenvalue weighted by molar-refractivity contribution is 0.248. The highest BCUT2D eigenvalue weighted by Gasteiger charge is 2.18. The predicted octanol–water partition coefficient (Wildman–Crippen LogP) is 4.07. The Morgan fingerprint density at radius 1 is 0.771 bits per heavy atom. The van der Waals surface area contributed by atoms with E-state index in [0.717, 1.165) is 27.8 Å². The molecular formula is C27H31N5O2S. The van der Waals surface area contributed by atoms with Crippen molar-refractivity contribution in [3.05, 3.63) is 96.6 Å². The van der Waals surface area contributed by atoms with Crippen LogP contribution in [0.3, 0.4) is 0 Å². The van der Waals surface area contributed by atoms with E-state index in [4.69, 9.17) is 0 Å². The van der Waals surface area contributed by atoms with Crippen molar-refractivity contribution >= 4 is 26.5 Å². The number of sulfonamides is 1. The van der Waals surface area contributed by atoms with Crippen molar-refractivity contribution in [1.29, 1.82) is 0 Å². The molecule has 35 heavy (non-hydrogen) atoms. The molecule has 8 heteroatoms. The Kier molecular flexibility index (Phi) is 8.07. The van der Waals surface area contributed by atoms with Crippen LogP contribution in [0.2, 0.25) is 0 Å². The Morgan fingerprint density at radius 2 is 1.40 bits per heavy atom. The van der Waals surface area contributed by atoms with Gasteiger partial charge in [0.2, 0.25) is 10.0 Å². The van der Waals surface area contributed by atoms with Gasteiger partial charge in [0.15, 0.2) is 0 Å². The molecule has 7 nitrogen and oxygen atoms in total. The number of aromatic nitrogens is 2. The summed E-state index contributed by atoms with van der Waals surface area (Å²) in [6.07, 6.45) is 4.23. The molecule has 0 amide bonds. The van der Waals surface area contributed by atoms with Crippen LogP contribution in [0.5, 0.6) is 0 Å². The van der Waals surface area contributed by atoms with E-state index in [0.29, 0.717) is 37.5 Å². The molecule has 4 rings (SSSR count). The van der Waals surface area contributed by atoms with Crippen molar-refractivity contribution in [2.45, 2.75) is 24.4 Å². The molecule has 4 aromatic rings. The van der Waals surface area contributed by atoms with E-state index in [9.17, 15) is 8.42 Å². The second-order valence-corrected chi connectivity index (χ2v) is 10.4. The highest BCUT2D eigenvalue weighted by Crippen LogP contribution is 2.30. The number of pyridine rings is 2. The highest BCUT2D eigenvalue weighted by atomic mass is 32.2. The van der Waals surface area contributed by atoms with E-state index in [1.54, 1.807) is 24.5 Å². The van der Waals surface area contributed by atoms with Crippen LogP contribution in [-0.2, 0) is 23.1 Å². The first-order chi connectivity index (χ1) is 16.9. The third-order valence-corrected chi connectivity index (χ3v) is 7.32. The van der Waals surface area contributed by atoms with Crippen LogP contribution in [0.25, 0.3) is 10.8 Å². The van der Waals surface area contributed by atoms with Crippen LogP contribution in [-0.4, -0.2) is 50.5 Å². The summed E-state index contributed by atoms with van der Waals surface area (Å²) in [4.78, 5) is 13.4. The van der Waals surface area contributed by atoms with Crippen LogP contribution in [0.15, 0.2) is 90.1 Å². The molecule has 0 spiro atoms. The van der Waals surface area contributed by atoms with E-state index in [-0.39, 0.29) is 0 Å². The van der Waals surface area contributed by atoms with Crippen LogP contribution in [0.1, 0.15) is 17.8 Å². The molecule has 0 radical (unpaired) electrons. The summed E-state index contributed by atoms with van der Waals surface area (Å²) in [5.41, 5.74) is 2.92. The number of hydrogen-bond acceptors (Lipinski definition) is 6. The Balaban J connectivity index is 1.43. The first-order valence-electron chi connectivity index (χ1n) is 11.6. The average Bonchev–Trinajstić information content (AvgIpc) is 2.87. The number of nitrogens with one attached hydrogen (secondary N) is 1. The molecule has 0 saturated heterocycles. The lowest BCUT2D eigenvalue weighted by Crippen LogP contribution is -2.30. The lowest BCUT2D eigenvalue weighted by atomic mass is 10.1. The molecule has 2 aromatic carbocycles. The van der Waals surface area contributed by atoms with Gasteiger partial charge >= 0.3 is 0 Å². The smallest absolute Gasteiger partial charge is 0.241 e. The molecule has 1 N–H and O–H groups in total. The second kappa shape index (κ2) is 11.4. The molecule has 0 unspecified atom stereocenters. The van der Waals surface area contributed by atoms with Crippen molar-refractivity contribution < 1.29 is 8.42 Å². The van der Waals surface area contributed by atoms with Crippen LogP contribution >= 0.6 is 0 Å². The van der Waals surface area contributed by atoms with E-state index in [1.165, 1.54) is 0 Å². The molecule has 0 saturated carbocycles. The standard InChI is InChI=1S/C27H31N5O2S/c1-31(2)26-14-7-13-25-24(26)12-8-15-27(25)35(33,34)30-18-9-19-32(20-22-10-3-5-16-28-22)21-23-11-4-6-17-29-23/h3-8,10-17,30H,9,18-21H2,1-2H3. The van der Waals surface area contributed by atoms with Gasteiger partial charge in [-0.25, -0.2) is 13.1 Å². The van der Waals surface area contributed by atoms with Gasteiger partial charge in [0.25, 0.3) is 0 Å². The van der Waals surface area contributed by atoms with Gasteiger partial charge in [0.1, 0.15) is 0 Å². The van der Waals surface area contributed by atoms with Crippen LogP contribution in [0.4, 0.5) is 5.69 Å². The fraction of sp³-hybridized carbons (Fsp3) is 0.259. The van der Waals surface area contributed by atoms with E-state index in [2.05, 4.69) is 19.6 Å². The molecule has 0 bridgehead atoms. The zero-order valence-corrected chi connectivity index (χ0v) is 20.9. The summed E-state index contributed by atoms with van der Waals surface area (Å²) in [7, 11) is 0.252. The Bertz CT molecular complexity index is 1300. The third kappa shape index (κ3) is 6.42. The van der Waals surface area contributed by atoms with Gasteiger partial charge in [0, 0.05) is 69.1 Å². The maximum atomic E-state index is 13.2. The molecule has 2 aromatic heterocycles. The highest BCUT2D eigenvalue weighted by molar-refractivity contribution is 7.89. The van der Waals surface area contributed by atoms with Crippen molar-refractivity contribution in [2.75, 3.05) is 32.1 Å². The number of benzene rings is 2. The van der Waals surface area contributed by atoms with Gasteiger partial charge in [-0.2, -0.15) is 0 Å². The van der Waals surface area contributed by atoms with Gasteiger partial charge in [-0.05, 0) is 42.8 Å². The molecule has 0 fully saturated rings. The summed E-state index contributed by atoms with van der Waals surface area (Å²) in [5, 5.41) is 1.63. The predicted molar refractivity (Wildman–Crippen MR) is 141 cm³/mol. The topological polar surface area (TPSA) is 78.4 Å². The van der Waals surface area contributed by atoms with Gasteiger partial charge in [-0.1, -0.05) is 36.4 Å². The van der Waals surface area contributed by atoms with Gasteiger partial charge < -0.3 is 4.90 Å². The third-order valence-electron chi connectivity index (χ3n) is 5.80. The van der Waals surface area contributed by atoms with Crippen LogP contribution < -0.4 is 9.62 Å². The molecular weight excluding hydrogens is 458 g/mol. The Morgan fingerprint density at radius 3 is 2.00 bits per heavy atom. The maximum absolute atomic E-state index is 13.2. The van der Waals surface area contributed by atoms with E-state index in [1.807, 2.05) is 79.7 Å². The van der Waals surface area contributed by atoms with Crippen molar-refractivity contribution in [3.63, 3.8) is 0 Å². The fourth-order valence-electron chi connectivity index (χ4n) is 4.13. The van der Waals surface area contributed by atoms with Crippen molar-refractivity contribution in [2.24, 2.45) is 0 Å². The summed E-state index contributed by atoms with van der Waals surface area (Å²) >= 11 is 0. The largest absolute Gasteiger partial charge is 0.377 e. The Labute approximate surface area is 207 Å². The summed E-state index contributed by atoms with van der Waals surface area (Å²) < 4.78 is 29.2. The molecule has 0 aliphatic carbocycles. The molecule has 0 aliphatic rings. The summed E-state index contributed by atoms with van der Waals surface area (Å²) in [6.45, 7) is 2.38. The monoisotopic (exact) mass is 489 g/mol. The number of hydrogen-bond donors (Lipinski definition) is 1. The van der Waals surface area contributed by atoms with E-state index >= 15 is 0 Å². The first-order valence-corrected chi connectivity index (χ1v) is 13.1. The van der Waals surface area contributed by atoms with Crippen LogP contribution in [0, 0.1) is 0 Å². The van der Waals surface area contributed by atoms with Gasteiger partial charge in [0.05, 0.1) is 16.3 Å². The fourth-order valence-corrected chi connectivity index (χ4v) is 5.43. The quantitative estimate of drug-likeness (QED) is 0.320. The average molecular weight is 490 g/mol. The minimum absolute atomic E-state index is 0.303. The zero-order chi connectivity index (χ0) is 24.7. The number of rotatable bonds is 11. The minimum Gasteiger partial charge on any atom is -0.377 e. The van der Waals surface area contributed by atoms with E-state index < -0.39 is 10.0 Å². The molecule has 2 heterocycles. The SMILES string of the molecule is CN(C)c1cccc2c(S(=O)(=O)NCCCN(Cc3ccccn3)Cc3ccccn3)cccc12. The second-order valence-electron chi connectivity index (χ2n) is 8.63. The molecule has 0 atom stereocenters. The molecule has 0 aliphatic heterocycles. The minimum atomic E-state index is -3.66. The van der Waals surface area contributed by atoms with Gasteiger partial charge in [-0.3, -0.25) is 14.9 Å². The number of anilines is 1. The molecule has 182 valence electrons. The Hall–Kier alpha value is -3.33. The van der Waals surface area contributed by atoms with Gasteiger partial charge in [-0.15, -0.1) is 0 Å². The number of nitrogens with zero attached hydrogens (tertiary/aromatic N) is 4. The normalized spacial score (nSPS) is 11.7. The first kappa shape index (κ1) is 24.8. The van der Waals surface area contributed by atoms with Crippen molar-refractivity contribution in [1.82, 2.24) is 19.6 Å². The van der Waals surface area contributed by atoms with Crippen molar-refractivity contribution in [3.8, 4) is 0 Å². The maximum Gasteiger partial charge on any atom is 0.241 e.